The van der Waals surface area contributed by atoms with Gasteiger partial charge >= 0.3 is 0 Å². The van der Waals surface area contributed by atoms with Crippen molar-refractivity contribution in [3.63, 3.8) is 0 Å². The van der Waals surface area contributed by atoms with Gasteiger partial charge in [-0.3, -0.25) is 4.79 Å². The molecule has 0 amide bonds. The first-order valence-corrected chi connectivity index (χ1v) is 8.50. The van der Waals surface area contributed by atoms with E-state index in [9.17, 15) is 13.2 Å². The van der Waals surface area contributed by atoms with Crippen molar-refractivity contribution in [1.82, 2.24) is 0 Å². The largest absolute Gasteiger partial charge is 0.292 e. The van der Waals surface area contributed by atoms with E-state index in [-0.39, 0.29) is 10.7 Å². The first kappa shape index (κ1) is 13.2. The molecule has 1 aliphatic rings. The Bertz CT molecular complexity index is 1010. The summed E-state index contributed by atoms with van der Waals surface area (Å²) in [6, 6.07) is 19.4. The van der Waals surface area contributed by atoms with Crippen molar-refractivity contribution < 1.29 is 13.2 Å². The van der Waals surface area contributed by atoms with Gasteiger partial charge in [0.15, 0.2) is 20.9 Å². The van der Waals surface area contributed by atoms with E-state index >= 15 is 0 Å². The molecule has 1 heterocycles. The van der Waals surface area contributed by atoms with Gasteiger partial charge in [-0.05, 0) is 22.4 Å². The number of benzene rings is 3. The Balaban J connectivity index is 2.03. The van der Waals surface area contributed by atoms with Crippen LogP contribution in [-0.4, -0.2) is 14.2 Å². The van der Waals surface area contributed by atoms with Gasteiger partial charge in [0.05, 0.1) is 4.90 Å². The Morgan fingerprint density at radius 2 is 1.45 bits per heavy atom. The monoisotopic (exact) mass is 308 g/mol. The zero-order valence-electron chi connectivity index (χ0n) is 11.6. The Morgan fingerprint density at radius 1 is 0.773 bits per heavy atom. The molecule has 0 aliphatic carbocycles. The molecule has 0 radical (unpaired) electrons. The van der Waals surface area contributed by atoms with E-state index in [1.807, 2.05) is 30.3 Å². The lowest BCUT2D eigenvalue weighted by molar-refractivity contribution is 0.0990. The van der Waals surface area contributed by atoms with Gasteiger partial charge in [-0.2, -0.15) is 0 Å². The topological polar surface area (TPSA) is 51.2 Å². The zero-order chi connectivity index (χ0) is 15.3. The van der Waals surface area contributed by atoms with Crippen molar-refractivity contribution in [1.29, 1.82) is 0 Å². The van der Waals surface area contributed by atoms with Crippen molar-refractivity contribution >= 4 is 26.4 Å². The smallest absolute Gasteiger partial charge is 0.193 e. The fourth-order valence-electron chi connectivity index (χ4n) is 3.11. The second-order valence-electron chi connectivity index (χ2n) is 5.35. The number of carbonyl (C=O) groups excluding carboxylic acids is 1. The summed E-state index contributed by atoms with van der Waals surface area (Å²) in [5, 5.41) is 0.592. The lowest BCUT2D eigenvalue weighted by Gasteiger charge is -2.12. The van der Waals surface area contributed by atoms with Crippen LogP contribution in [0.3, 0.4) is 0 Å². The quantitative estimate of drug-likeness (QED) is 0.691. The summed E-state index contributed by atoms with van der Waals surface area (Å²) in [6.07, 6.45) is 0. The van der Waals surface area contributed by atoms with E-state index in [0.29, 0.717) is 11.1 Å². The number of hydrogen-bond donors (Lipinski definition) is 0. The summed E-state index contributed by atoms with van der Waals surface area (Å²) in [5.41, 5.74) is 0.847. The van der Waals surface area contributed by atoms with Gasteiger partial charge in [0, 0.05) is 5.56 Å². The molecule has 0 saturated carbocycles. The second-order valence-corrected chi connectivity index (χ2v) is 7.36. The average Bonchev–Trinajstić information content (AvgIpc) is 2.74. The second kappa shape index (κ2) is 4.52. The van der Waals surface area contributed by atoms with Gasteiger partial charge in [-0.25, -0.2) is 8.42 Å². The van der Waals surface area contributed by atoms with Crippen LogP contribution in [0.1, 0.15) is 21.2 Å². The third-order valence-corrected chi connectivity index (χ3v) is 6.17. The minimum absolute atomic E-state index is 0.137. The molecule has 108 valence electrons. The highest BCUT2D eigenvalue weighted by molar-refractivity contribution is 7.93. The first-order chi connectivity index (χ1) is 10.6. The highest BCUT2D eigenvalue weighted by Crippen LogP contribution is 2.42. The Kier molecular flexibility index (Phi) is 2.71. The highest BCUT2D eigenvalue weighted by Gasteiger charge is 2.45. The first-order valence-electron chi connectivity index (χ1n) is 6.95. The van der Waals surface area contributed by atoms with E-state index in [4.69, 9.17) is 0 Å². The predicted octanol–water partition coefficient (Wildman–Crippen LogP) is 3.55. The number of fused-ring (bicyclic) bond motifs is 2. The lowest BCUT2D eigenvalue weighted by Crippen LogP contribution is -2.14. The maximum absolute atomic E-state index is 12.8. The van der Waals surface area contributed by atoms with Gasteiger partial charge in [-0.1, -0.05) is 60.7 Å². The van der Waals surface area contributed by atoms with Crippen molar-refractivity contribution in [2.24, 2.45) is 0 Å². The van der Waals surface area contributed by atoms with E-state index in [1.54, 1.807) is 30.3 Å². The molecule has 3 aromatic carbocycles. The standard InChI is InChI=1S/C18H12O3S/c19-17-15-9-3-4-11-16(15)22(20,21)18(17)14-10-5-7-12-6-1-2-8-13(12)14/h1-11,18H/t18-/m0/s1. The van der Waals surface area contributed by atoms with Gasteiger partial charge in [0.2, 0.25) is 0 Å². The minimum atomic E-state index is -3.69. The Labute approximate surface area is 128 Å². The maximum atomic E-state index is 12.8. The van der Waals surface area contributed by atoms with E-state index in [0.717, 1.165) is 10.8 Å². The third-order valence-electron chi connectivity index (χ3n) is 4.11. The summed E-state index contributed by atoms with van der Waals surface area (Å²) in [5.74, 6) is -0.341. The maximum Gasteiger partial charge on any atom is 0.193 e. The van der Waals surface area contributed by atoms with Crippen LogP contribution in [-0.2, 0) is 9.84 Å². The fourth-order valence-corrected chi connectivity index (χ4v) is 5.06. The normalized spacial score (nSPS) is 19.3. The highest BCUT2D eigenvalue weighted by atomic mass is 32.2. The van der Waals surface area contributed by atoms with Crippen LogP contribution in [0.5, 0.6) is 0 Å². The molecule has 1 atom stereocenters. The molecule has 0 saturated heterocycles. The summed E-state index contributed by atoms with van der Waals surface area (Å²) in [7, 11) is -3.69. The molecule has 3 aromatic rings. The number of carbonyl (C=O) groups is 1. The van der Waals surface area contributed by atoms with Crippen LogP contribution in [0.25, 0.3) is 10.8 Å². The molecule has 0 aromatic heterocycles. The van der Waals surface area contributed by atoms with E-state index < -0.39 is 15.1 Å². The molecule has 22 heavy (non-hydrogen) atoms. The molecular weight excluding hydrogens is 296 g/mol. The summed E-state index contributed by atoms with van der Waals surface area (Å²) in [6.45, 7) is 0. The minimum Gasteiger partial charge on any atom is -0.292 e. The summed E-state index contributed by atoms with van der Waals surface area (Å²) < 4.78 is 25.6. The predicted molar refractivity (Wildman–Crippen MR) is 84.6 cm³/mol. The van der Waals surface area contributed by atoms with E-state index in [1.165, 1.54) is 6.07 Å². The molecule has 0 spiro atoms. The van der Waals surface area contributed by atoms with Crippen LogP contribution in [0.15, 0.2) is 71.6 Å². The fraction of sp³-hybridized carbons (Fsp3) is 0.0556. The summed E-state index contributed by atoms with van der Waals surface area (Å²) in [4.78, 5) is 12.8. The van der Waals surface area contributed by atoms with Crippen molar-refractivity contribution in [2.45, 2.75) is 10.1 Å². The Hall–Kier alpha value is -2.46. The molecule has 0 N–H and O–H groups in total. The average molecular weight is 308 g/mol. The van der Waals surface area contributed by atoms with Crippen LogP contribution >= 0.6 is 0 Å². The number of ketones is 1. The number of rotatable bonds is 1. The zero-order valence-corrected chi connectivity index (χ0v) is 12.4. The van der Waals surface area contributed by atoms with Crippen LogP contribution in [0, 0.1) is 0 Å². The lowest BCUT2D eigenvalue weighted by atomic mass is 9.97. The molecule has 3 nitrogen and oxygen atoms in total. The number of Topliss-reactive ketones (excluding diaryl/α,β-unsaturated/α-hetero) is 1. The van der Waals surface area contributed by atoms with Crippen LogP contribution < -0.4 is 0 Å². The molecule has 4 rings (SSSR count). The molecule has 0 unspecified atom stereocenters. The van der Waals surface area contributed by atoms with Crippen molar-refractivity contribution in [3.05, 3.63) is 77.9 Å². The molecule has 0 bridgehead atoms. The third kappa shape index (κ3) is 1.67. The molecule has 4 heteroatoms. The molecule has 1 aliphatic heterocycles. The van der Waals surface area contributed by atoms with Gasteiger partial charge in [0.1, 0.15) is 0 Å². The van der Waals surface area contributed by atoms with Crippen molar-refractivity contribution in [3.8, 4) is 0 Å². The Morgan fingerprint density at radius 3 is 2.27 bits per heavy atom. The van der Waals surface area contributed by atoms with Crippen LogP contribution in [0.2, 0.25) is 0 Å². The van der Waals surface area contributed by atoms with Gasteiger partial charge < -0.3 is 0 Å². The van der Waals surface area contributed by atoms with Crippen molar-refractivity contribution in [2.75, 3.05) is 0 Å². The SMILES string of the molecule is O=C1c2ccccc2S(=O)(=O)[C@H]1c1cccc2ccccc12. The molecule has 0 fully saturated rings. The number of sulfone groups is 1. The van der Waals surface area contributed by atoms with Crippen LogP contribution in [0.4, 0.5) is 0 Å². The van der Waals surface area contributed by atoms with E-state index in [2.05, 4.69) is 0 Å². The summed E-state index contributed by atoms with van der Waals surface area (Å²) >= 11 is 0. The molecular formula is C18H12O3S. The van der Waals surface area contributed by atoms with Gasteiger partial charge in [0.25, 0.3) is 0 Å². The van der Waals surface area contributed by atoms with Gasteiger partial charge in [-0.15, -0.1) is 0 Å². The number of hydrogen-bond acceptors (Lipinski definition) is 3.